The van der Waals surface area contributed by atoms with Crippen molar-refractivity contribution in [3.8, 4) is 11.5 Å². The number of benzene rings is 7. The van der Waals surface area contributed by atoms with Crippen molar-refractivity contribution in [3.05, 3.63) is 198 Å². The van der Waals surface area contributed by atoms with Crippen LogP contribution < -0.4 is 9.47 Å². The minimum atomic E-state index is -1.07. The van der Waals surface area contributed by atoms with E-state index < -0.39 is 5.41 Å². The van der Waals surface area contributed by atoms with Gasteiger partial charge in [0, 0.05) is 5.39 Å². The molecular weight excluding hydrogens is 647 g/mol. The second kappa shape index (κ2) is 14.1. The van der Waals surface area contributed by atoms with Crippen LogP contribution >= 0.6 is 12.6 Å². The van der Waals surface area contributed by atoms with Crippen molar-refractivity contribution in [2.24, 2.45) is 0 Å². The van der Waals surface area contributed by atoms with E-state index in [1.807, 2.05) is 103 Å². The van der Waals surface area contributed by atoms with Crippen LogP contribution in [0.2, 0.25) is 0 Å². The monoisotopic (exact) mass is 681 g/mol. The maximum Gasteiger partial charge on any atom is 0.201 e. The van der Waals surface area contributed by atoms with Crippen molar-refractivity contribution in [2.45, 2.75) is 25.0 Å². The van der Waals surface area contributed by atoms with Crippen LogP contribution in [0.1, 0.15) is 27.9 Å². The van der Waals surface area contributed by atoms with Gasteiger partial charge in [0.1, 0.15) is 24.7 Å². The fourth-order valence-corrected chi connectivity index (χ4v) is 7.20. The zero-order valence-electron chi connectivity index (χ0n) is 27.9. The molecule has 0 aliphatic rings. The van der Waals surface area contributed by atoms with Gasteiger partial charge in [-0.25, -0.2) is 4.98 Å². The van der Waals surface area contributed by atoms with E-state index in [4.69, 9.17) is 14.5 Å². The van der Waals surface area contributed by atoms with Gasteiger partial charge >= 0.3 is 0 Å². The van der Waals surface area contributed by atoms with Crippen LogP contribution in [0.25, 0.3) is 32.4 Å². The second-order valence-corrected chi connectivity index (χ2v) is 13.3. The number of nitrogens with zero attached hydrogens (tertiary/aromatic N) is 1. The number of rotatable bonds is 11. The summed E-state index contributed by atoms with van der Waals surface area (Å²) in [6.07, 6.45) is 0.429. The standard InChI is InChI=1S/C46H35NO3S/c48-45(51)46(29-32-13-15-34-7-1-3-10-37(34)27-32,39-18-23-42(24-19-39)49-30-33-14-16-35-8-2-4-11-38(35)28-33)40-20-25-43(26-21-40)50-31-41-22-17-36-9-5-6-12-44(36)47-41/h1-28H,29-31H2,(H,48,51). The van der Waals surface area contributed by atoms with Crippen molar-refractivity contribution >= 4 is 50.2 Å². The van der Waals surface area contributed by atoms with E-state index in [-0.39, 0.29) is 5.12 Å². The molecule has 51 heavy (non-hydrogen) atoms. The Morgan fingerprint density at radius 3 is 1.61 bits per heavy atom. The summed E-state index contributed by atoms with van der Waals surface area (Å²) >= 11 is 4.58. The van der Waals surface area contributed by atoms with Gasteiger partial charge < -0.3 is 9.47 Å². The van der Waals surface area contributed by atoms with E-state index >= 15 is 0 Å². The minimum Gasteiger partial charge on any atom is -0.489 e. The van der Waals surface area contributed by atoms with Crippen molar-refractivity contribution < 1.29 is 14.3 Å². The average molecular weight is 682 g/mol. The summed E-state index contributed by atoms with van der Waals surface area (Å²) in [6, 6.07) is 57.0. The van der Waals surface area contributed by atoms with Crippen LogP contribution in [0.3, 0.4) is 0 Å². The third-order valence-corrected chi connectivity index (χ3v) is 9.99. The number of thiol groups is 1. The molecule has 1 unspecified atom stereocenters. The maximum absolute atomic E-state index is 13.9. The van der Waals surface area contributed by atoms with Gasteiger partial charge in [0.25, 0.3) is 0 Å². The third-order valence-electron chi connectivity index (χ3n) is 9.60. The molecule has 1 heterocycles. The highest BCUT2D eigenvalue weighted by Crippen LogP contribution is 2.40. The topological polar surface area (TPSA) is 48.4 Å². The summed E-state index contributed by atoms with van der Waals surface area (Å²) in [5, 5.41) is 5.51. The van der Waals surface area contributed by atoms with Gasteiger partial charge in [0.2, 0.25) is 5.12 Å². The number of hydrogen-bond acceptors (Lipinski definition) is 4. The number of carbonyl (C=O) groups is 1. The largest absolute Gasteiger partial charge is 0.489 e. The van der Waals surface area contributed by atoms with Crippen molar-refractivity contribution in [2.75, 3.05) is 0 Å². The van der Waals surface area contributed by atoms with Crippen LogP contribution in [-0.2, 0) is 29.8 Å². The Morgan fingerprint density at radius 2 is 1.00 bits per heavy atom. The fraction of sp³-hybridized carbons (Fsp3) is 0.0870. The van der Waals surface area contributed by atoms with E-state index in [1.54, 1.807) is 0 Å². The lowest BCUT2D eigenvalue weighted by Crippen LogP contribution is -2.37. The smallest absolute Gasteiger partial charge is 0.201 e. The summed E-state index contributed by atoms with van der Waals surface area (Å²) < 4.78 is 12.4. The van der Waals surface area contributed by atoms with E-state index in [9.17, 15) is 4.79 Å². The maximum atomic E-state index is 13.9. The number of carbonyl (C=O) groups excluding carboxylic acids is 1. The van der Waals surface area contributed by atoms with Gasteiger partial charge in [-0.1, -0.05) is 127 Å². The molecule has 4 nitrogen and oxygen atoms in total. The molecule has 7 aromatic carbocycles. The van der Waals surface area contributed by atoms with Gasteiger partial charge in [-0.05, 0) is 92.7 Å². The first-order chi connectivity index (χ1) is 25.0. The zero-order chi connectivity index (χ0) is 34.6. The first-order valence-electron chi connectivity index (χ1n) is 17.0. The highest BCUT2D eigenvalue weighted by atomic mass is 32.1. The predicted octanol–water partition coefficient (Wildman–Crippen LogP) is 10.7. The molecule has 0 saturated heterocycles. The molecule has 0 aliphatic carbocycles. The van der Waals surface area contributed by atoms with Crippen molar-refractivity contribution in [3.63, 3.8) is 0 Å². The Kier molecular flexibility index (Phi) is 8.96. The van der Waals surface area contributed by atoms with Crippen molar-refractivity contribution in [1.29, 1.82) is 0 Å². The predicted molar refractivity (Wildman–Crippen MR) is 210 cm³/mol. The molecule has 0 saturated carbocycles. The first-order valence-corrected chi connectivity index (χ1v) is 17.5. The molecule has 0 radical (unpaired) electrons. The molecule has 8 rings (SSSR count). The number of pyridine rings is 1. The molecule has 248 valence electrons. The highest BCUT2D eigenvalue weighted by molar-refractivity contribution is 7.96. The van der Waals surface area contributed by atoms with Crippen LogP contribution in [0, 0.1) is 0 Å². The highest BCUT2D eigenvalue weighted by Gasteiger charge is 2.40. The van der Waals surface area contributed by atoms with E-state index in [0.29, 0.717) is 25.4 Å². The van der Waals surface area contributed by atoms with Gasteiger partial charge in [-0.2, -0.15) is 0 Å². The molecule has 0 aliphatic heterocycles. The van der Waals surface area contributed by atoms with E-state index in [0.717, 1.165) is 55.4 Å². The lowest BCUT2D eigenvalue weighted by Gasteiger charge is -2.32. The van der Waals surface area contributed by atoms with Gasteiger partial charge in [0.15, 0.2) is 0 Å². The zero-order valence-corrected chi connectivity index (χ0v) is 28.8. The third kappa shape index (κ3) is 6.81. The minimum absolute atomic E-state index is 0.241. The molecule has 1 atom stereocenters. The van der Waals surface area contributed by atoms with Crippen LogP contribution in [-0.4, -0.2) is 10.1 Å². The molecular formula is C46H35NO3S. The first kappa shape index (κ1) is 32.3. The molecule has 0 spiro atoms. The average Bonchev–Trinajstić information content (AvgIpc) is 3.18. The summed E-state index contributed by atoms with van der Waals surface area (Å²) in [5.74, 6) is 1.42. The van der Waals surface area contributed by atoms with Gasteiger partial charge in [-0.15, -0.1) is 12.6 Å². The summed E-state index contributed by atoms with van der Waals surface area (Å²) in [5.41, 5.74) is 4.50. The summed E-state index contributed by atoms with van der Waals surface area (Å²) in [6.45, 7) is 0.771. The SMILES string of the molecule is O=C(S)C(Cc1ccc2ccccc2c1)(c1ccc(OCc2ccc3ccccc3c2)cc1)c1ccc(OCc2ccc3ccccc3n2)cc1. The number of fused-ring (bicyclic) bond motifs is 3. The van der Waals surface area contributed by atoms with Crippen LogP contribution in [0.5, 0.6) is 11.5 Å². The van der Waals surface area contributed by atoms with Gasteiger partial charge in [-0.3, -0.25) is 4.79 Å². The van der Waals surface area contributed by atoms with Crippen LogP contribution in [0.15, 0.2) is 170 Å². The van der Waals surface area contributed by atoms with Crippen LogP contribution in [0.4, 0.5) is 0 Å². The molecule has 0 N–H and O–H groups in total. The Morgan fingerprint density at radius 1 is 0.510 bits per heavy atom. The Hall–Kier alpha value is -5.91. The molecule has 1 aromatic heterocycles. The fourth-order valence-electron chi connectivity index (χ4n) is 6.86. The normalized spacial score (nSPS) is 12.5. The molecule has 0 bridgehead atoms. The number of para-hydroxylation sites is 1. The number of hydrogen-bond donors (Lipinski definition) is 1. The Bertz CT molecular complexity index is 2370. The van der Waals surface area contributed by atoms with Gasteiger partial charge in [0.05, 0.1) is 16.6 Å². The molecule has 5 heteroatoms. The molecule has 8 aromatic rings. The second-order valence-electron chi connectivity index (χ2n) is 12.9. The summed E-state index contributed by atoms with van der Waals surface area (Å²) in [7, 11) is 0. The van der Waals surface area contributed by atoms with E-state index in [2.05, 4.69) is 79.4 Å². The lowest BCUT2D eigenvalue weighted by atomic mass is 9.71. The quantitative estimate of drug-likeness (QED) is 0.138. The van der Waals surface area contributed by atoms with Crippen molar-refractivity contribution in [1.82, 2.24) is 4.98 Å². The number of ether oxygens (including phenoxy) is 2. The van der Waals surface area contributed by atoms with E-state index in [1.165, 1.54) is 10.8 Å². The number of aromatic nitrogens is 1. The molecule has 0 amide bonds. The Balaban J connectivity index is 1.08. The lowest BCUT2D eigenvalue weighted by molar-refractivity contribution is -0.114. The Labute approximate surface area is 302 Å². The summed E-state index contributed by atoms with van der Waals surface area (Å²) in [4.78, 5) is 18.7. The molecule has 0 fully saturated rings.